The lowest BCUT2D eigenvalue weighted by Crippen LogP contribution is -2.08. The van der Waals surface area contributed by atoms with Gasteiger partial charge in [-0.3, -0.25) is 0 Å². The summed E-state index contributed by atoms with van der Waals surface area (Å²) >= 11 is 0. The average Bonchev–Trinajstić information content (AvgIpc) is 2.65. The molecule has 2 rings (SSSR count). The van der Waals surface area contributed by atoms with Crippen molar-refractivity contribution in [2.75, 3.05) is 28.4 Å². The fourth-order valence-electron chi connectivity index (χ4n) is 2.93. The zero-order chi connectivity index (χ0) is 17.7. The average molecular weight is 330 g/mol. The molecule has 0 radical (unpaired) electrons. The number of hydrogen-bond acceptors (Lipinski definition) is 4. The van der Waals surface area contributed by atoms with E-state index in [2.05, 4.69) is 13.8 Å². The number of ether oxygens (including phenoxy) is 4. The summed E-state index contributed by atoms with van der Waals surface area (Å²) in [5, 5.41) is 0. The van der Waals surface area contributed by atoms with Crippen LogP contribution in [0.4, 0.5) is 0 Å². The molecule has 4 heteroatoms. The minimum atomic E-state index is 0.205. The van der Waals surface area contributed by atoms with Crippen LogP contribution in [0.1, 0.15) is 36.8 Å². The van der Waals surface area contributed by atoms with Crippen LogP contribution in [-0.4, -0.2) is 28.4 Å². The van der Waals surface area contributed by atoms with Crippen LogP contribution in [0.3, 0.4) is 0 Å². The fraction of sp³-hybridized carbons (Fsp3) is 0.400. The fourth-order valence-corrected chi connectivity index (χ4v) is 2.93. The summed E-state index contributed by atoms with van der Waals surface area (Å²) in [4.78, 5) is 0. The largest absolute Gasteiger partial charge is 0.497 e. The van der Waals surface area contributed by atoms with Crippen LogP contribution in [0, 0.1) is 0 Å². The predicted octanol–water partition coefficient (Wildman–Crippen LogP) is 4.63. The number of hydrogen-bond donors (Lipinski definition) is 0. The molecule has 0 bridgehead atoms. The maximum Gasteiger partial charge on any atom is 0.122 e. The van der Waals surface area contributed by atoms with Crippen molar-refractivity contribution in [2.45, 2.75) is 25.7 Å². The topological polar surface area (TPSA) is 36.9 Å². The summed E-state index contributed by atoms with van der Waals surface area (Å²) < 4.78 is 21.8. The second kappa shape index (κ2) is 7.95. The van der Waals surface area contributed by atoms with Crippen LogP contribution < -0.4 is 18.9 Å². The van der Waals surface area contributed by atoms with Crippen molar-refractivity contribution in [1.29, 1.82) is 0 Å². The Labute approximate surface area is 144 Å². The lowest BCUT2D eigenvalue weighted by Gasteiger charge is -2.25. The lowest BCUT2D eigenvalue weighted by atomic mass is 9.83. The van der Waals surface area contributed by atoms with Gasteiger partial charge in [-0.1, -0.05) is 13.8 Å². The van der Waals surface area contributed by atoms with E-state index >= 15 is 0 Å². The molecule has 0 aromatic heterocycles. The van der Waals surface area contributed by atoms with Gasteiger partial charge in [-0.05, 0) is 48.2 Å². The second-order valence-electron chi connectivity index (χ2n) is 5.79. The molecule has 0 aliphatic heterocycles. The molecule has 0 N–H and O–H groups in total. The first-order valence-electron chi connectivity index (χ1n) is 7.99. The van der Waals surface area contributed by atoms with Gasteiger partial charge < -0.3 is 18.9 Å². The zero-order valence-corrected chi connectivity index (χ0v) is 15.3. The van der Waals surface area contributed by atoms with Gasteiger partial charge in [-0.25, -0.2) is 0 Å². The highest BCUT2D eigenvalue weighted by molar-refractivity contribution is 5.47. The molecule has 24 heavy (non-hydrogen) atoms. The number of methoxy groups -OCH3 is 4. The molecular formula is C20H26O4. The molecule has 0 saturated heterocycles. The van der Waals surface area contributed by atoms with Crippen LogP contribution in [-0.2, 0) is 0 Å². The molecule has 0 aliphatic rings. The van der Waals surface area contributed by atoms with Gasteiger partial charge in [0.2, 0.25) is 0 Å². The van der Waals surface area contributed by atoms with Crippen molar-refractivity contribution in [1.82, 2.24) is 0 Å². The van der Waals surface area contributed by atoms with Crippen molar-refractivity contribution >= 4 is 0 Å². The Morgan fingerprint density at radius 2 is 0.958 bits per heavy atom. The van der Waals surface area contributed by atoms with Gasteiger partial charge in [0.25, 0.3) is 0 Å². The van der Waals surface area contributed by atoms with Crippen molar-refractivity contribution < 1.29 is 18.9 Å². The summed E-state index contributed by atoms with van der Waals surface area (Å²) in [5.74, 6) is 3.77. The molecular weight excluding hydrogens is 304 g/mol. The SMILES string of the molecule is COc1ccc(OC)c([C@H](C)[C@@H](C)c2cc(OC)ccc2OC)c1. The quantitative estimate of drug-likeness (QED) is 0.742. The second-order valence-corrected chi connectivity index (χ2v) is 5.79. The Hall–Kier alpha value is -2.36. The molecule has 0 fully saturated rings. The summed E-state index contributed by atoms with van der Waals surface area (Å²) in [6.07, 6.45) is 0. The Morgan fingerprint density at radius 1 is 0.583 bits per heavy atom. The third-order valence-electron chi connectivity index (χ3n) is 4.60. The van der Waals surface area contributed by atoms with Crippen LogP contribution in [0.2, 0.25) is 0 Å². The van der Waals surface area contributed by atoms with Crippen LogP contribution in [0.25, 0.3) is 0 Å². The minimum absolute atomic E-state index is 0.205. The first kappa shape index (κ1) is 18.0. The Balaban J connectivity index is 2.44. The maximum absolute atomic E-state index is 5.54. The molecule has 0 spiro atoms. The molecule has 2 aromatic rings. The number of rotatable bonds is 7. The highest BCUT2D eigenvalue weighted by atomic mass is 16.5. The monoisotopic (exact) mass is 330 g/mol. The zero-order valence-electron chi connectivity index (χ0n) is 15.3. The van der Waals surface area contributed by atoms with Gasteiger partial charge >= 0.3 is 0 Å². The normalized spacial score (nSPS) is 13.1. The van der Waals surface area contributed by atoms with E-state index in [1.54, 1.807) is 28.4 Å². The molecule has 2 aromatic carbocycles. The number of benzene rings is 2. The van der Waals surface area contributed by atoms with E-state index < -0.39 is 0 Å². The molecule has 0 unspecified atom stereocenters. The van der Waals surface area contributed by atoms with Crippen molar-refractivity contribution in [2.24, 2.45) is 0 Å². The van der Waals surface area contributed by atoms with Crippen molar-refractivity contribution in [3.63, 3.8) is 0 Å². The summed E-state index contributed by atoms with van der Waals surface area (Å²) in [5.41, 5.74) is 2.21. The lowest BCUT2D eigenvalue weighted by molar-refractivity contribution is 0.385. The van der Waals surface area contributed by atoms with E-state index in [0.29, 0.717) is 0 Å². The highest BCUT2D eigenvalue weighted by Gasteiger charge is 2.23. The molecule has 0 saturated carbocycles. The van der Waals surface area contributed by atoms with E-state index in [-0.39, 0.29) is 11.8 Å². The highest BCUT2D eigenvalue weighted by Crippen LogP contribution is 2.42. The Kier molecular flexibility index (Phi) is 5.96. The first-order chi connectivity index (χ1) is 11.5. The third kappa shape index (κ3) is 3.58. The molecule has 0 amide bonds. The van der Waals surface area contributed by atoms with E-state index in [9.17, 15) is 0 Å². The molecule has 0 aliphatic carbocycles. The molecule has 4 nitrogen and oxygen atoms in total. The van der Waals surface area contributed by atoms with Crippen molar-refractivity contribution in [3.8, 4) is 23.0 Å². The Bertz CT molecular complexity index is 622. The predicted molar refractivity (Wildman–Crippen MR) is 95.9 cm³/mol. The van der Waals surface area contributed by atoms with Crippen molar-refractivity contribution in [3.05, 3.63) is 47.5 Å². The molecule has 130 valence electrons. The van der Waals surface area contributed by atoms with Crippen LogP contribution >= 0.6 is 0 Å². The van der Waals surface area contributed by atoms with Gasteiger partial charge in [-0.15, -0.1) is 0 Å². The molecule has 0 heterocycles. The van der Waals surface area contributed by atoms with Gasteiger partial charge in [0.1, 0.15) is 23.0 Å². The van der Waals surface area contributed by atoms with Gasteiger partial charge in [0.15, 0.2) is 0 Å². The molecule has 2 atom stereocenters. The maximum atomic E-state index is 5.54. The van der Waals surface area contributed by atoms with E-state index in [4.69, 9.17) is 18.9 Å². The first-order valence-corrected chi connectivity index (χ1v) is 7.99. The van der Waals surface area contributed by atoms with Gasteiger partial charge in [0, 0.05) is 11.1 Å². The van der Waals surface area contributed by atoms with Crippen LogP contribution in [0.15, 0.2) is 36.4 Å². The van der Waals surface area contributed by atoms with Gasteiger partial charge in [-0.2, -0.15) is 0 Å². The Morgan fingerprint density at radius 3 is 1.25 bits per heavy atom. The smallest absolute Gasteiger partial charge is 0.122 e. The summed E-state index contributed by atoms with van der Waals surface area (Å²) in [6, 6.07) is 11.8. The van der Waals surface area contributed by atoms with Gasteiger partial charge in [0.05, 0.1) is 28.4 Å². The van der Waals surface area contributed by atoms with E-state index in [1.807, 2.05) is 36.4 Å². The van der Waals surface area contributed by atoms with E-state index in [1.165, 1.54) is 0 Å². The standard InChI is InChI=1S/C20H26O4/c1-13(17-11-15(21-3)7-9-19(17)23-5)14(2)18-12-16(22-4)8-10-20(18)24-6/h7-14H,1-6H3/t13-,14-/m1/s1. The summed E-state index contributed by atoms with van der Waals surface area (Å²) in [7, 11) is 6.72. The summed E-state index contributed by atoms with van der Waals surface area (Å²) in [6.45, 7) is 4.36. The minimum Gasteiger partial charge on any atom is -0.497 e. The van der Waals surface area contributed by atoms with E-state index in [0.717, 1.165) is 34.1 Å². The third-order valence-corrected chi connectivity index (χ3v) is 4.60. The van der Waals surface area contributed by atoms with Crippen LogP contribution in [0.5, 0.6) is 23.0 Å².